The molecular formula is C16H14FNO4. The molecule has 0 heterocycles. The Kier molecular flexibility index (Phi) is 4.73. The summed E-state index contributed by atoms with van der Waals surface area (Å²) in [5.41, 5.74) is 0.853. The predicted molar refractivity (Wildman–Crippen MR) is 78.5 cm³/mol. The number of halogens is 1. The number of amides is 1. The second-order valence-corrected chi connectivity index (χ2v) is 4.58. The van der Waals surface area contributed by atoms with E-state index in [0.717, 1.165) is 0 Å². The van der Waals surface area contributed by atoms with Gasteiger partial charge >= 0.3 is 5.97 Å². The maximum absolute atomic E-state index is 12.8. The SMILES string of the molecule is CC(Oc1ccc(C(=O)Nc2ccc(F)cc2)cc1)C(=O)O. The maximum Gasteiger partial charge on any atom is 0.344 e. The van der Waals surface area contributed by atoms with Crippen molar-refractivity contribution < 1.29 is 23.8 Å². The molecule has 2 rings (SSSR count). The smallest absolute Gasteiger partial charge is 0.344 e. The van der Waals surface area contributed by atoms with Crippen molar-refractivity contribution in [3.63, 3.8) is 0 Å². The number of carbonyl (C=O) groups excluding carboxylic acids is 1. The van der Waals surface area contributed by atoms with Crippen molar-refractivity contribution in [1.82, 2.24) is 0 Å². The average Bonchev–Trinajstić information content (AvgIpc) is 2.50. The van der Waals surface area contributed by atoms with Gasteiger partial charge in [-0.15, -0.1) is 0 Å². The molecule has 0 spiro atoms. The number of hydrogen-bond acceptors (Lipinski definition) is 3. The monoisotopic (exact) mass is 303 g/mol. The number of anilines is 1. The maximum atomic E-state index is 12.8. The molecule has 0 aliphatic heterocycles. The normalized spacial score (nSPS) is 11.5. The minimum absolute atomic E-state index is 0.355. The van der Waals surface area contributed by atoms with Crippen LogP contribution < -0.4 is 10.1 Å². The summed E-state index contributed by atoms with van der Waals surface area (Å²) in [5, 5.41) is 11.4. The lowest BCUT2D eigenvalue weighted by molar-refractivity contribution is -0.144. The van der Waals surface area contributed by atoms with E-state index in [4.69, 9.17) is 9.84 Å². The highest BCUT2D eigenvalue weighted by Gasteiger charge is 2.13. The second kappa shape index (κ2) is 6.71. The summed E-state index contributed by atoms with van der Waals surface area (Å²) in [4.78, 5) is 22.7. The molecule has 0 saturated carbocycles. The highest BCUT2D eigenvalue weighted by Crippen LogP contribution is 2.16. The quantitative estimate of drug-likeness (QED) is 0.890. The molecule has 0 fully saturated rings. The third-order valence-electron chi connectivity index (χ3n) is 2.88. The lowest BCUT2D eigenvalue weighted by Gasteiger charge is -2.11. The fourth-order valence-electron chi connectivity index (χ4n) is 1.68. The number of nitrogens with one attached hydrogen (secondary N) is 1. The fourth-order valence-corrected chi connectivity index (χ4v) is 1.68. The Morgan fingerprint density at radius 3 is 2.23 bits per heavy atom. The first kappa shape index (κ1) is 15.5. The van der Waals surface area contributed by atoms with Crippen molar-refractivity contribution in [1.29, 1.82) is 0 Å². The summed E-state index contributed by atoms with van der Waals surface area (Å²) in [7, 11) is 0. The molecule has 0 bridgehead atoms. The third-order valence-corrected chi connectivity index (χ3v) is 2.88. The van der Waals surface area contributed by atoms with Crippen LogP contribution in [0.3, 0.4) is 0 Å². The fraction of sp³-hybridized carbons (Fsp3) is 0.125. The highest BCUT2D eigenvalue weighted by molar-refractivity contribution is 6.04. The van der Waals surface area contributed by atoms with E-state index < -0.39 is 12.1 Å². The van der Waals surface area contributed by atoms with E-state index in [1.165, 1.54) is 55.5 Å². The zero-order valence-corrected chi connectivity index (χ0v) is 11.7. The molecule has 1 atom stereocenters. The largest absolute Gasteiger partial charge is 0.479 e. The number of rotatable bonds is 5. The van der Waals surface area contributed by atoms with E-state index in [1.54, 1.807) is 0 Å². The first-order chi connectivity index (χ1) is 10.5. The minimum atomic E-state index is -1.07. The van der Waals surface area contributed by atoms with Gasteiger partial charge in [-0.2, -0.15) is 0 Å². The number of carboxylic acid groups (broad SMARTS) is 1. The Morgan fingerprint density at radius 2 is 1.68 bits per heavy atom. The van der Waals surface area contributed by atoms with Gasteiger partial charge in [-0.05, 0) is 55.5 Å². The molecule has 1 unspecified atom stereocenters. The molecule has 0 aliphatic carbocycles. The van der Waals surface area contributed by atoms with Crippen molar-refractivity contribution in [3.05, 3.63) is 59.9 Å². The van der Waals surface area contributed by atoms with Gasteiger partial charge in [0.05, 0.1) is 0 Å². The molecule has 1 amide bonds. The Bertz CT molecular complexity index is 668. The Hall–Kier alpha value is -2.89. The van der Waals surface area contributed by atoms with Crippen LogP contribution >= 0.6 is 0 Å². The van der Waals surface area contributed by atoms with Crippen LogP contribution in [0.5, 0.6) is 5.75 Å². The number of carboxylic acids is 1. The summed E-state index contributed by atoms with van der Waals surface area (Å²) in [6.45, 7) is 1.41. The van der Waals surface area contributed by atoms with E-state index >= 15 is 0 Å². The van der Waals surface area contributed by atoms with Crippen molar-refractivity contribution in [2.75, 3.05) is 5.32 Å². The molecule has 0 aliphatic rings. The summed E-state index contributed by atoms with van der Waals surface area (Å²) in [6.07, 6.45) is -0.973. The molecule has 22 heavy (non-hydrogen) atoms. The van der Waals surface area contributed by atoms with Crippen molar-refractivity contribution >= 4 is 17.6 Å². The van der Waals surface area contributed by atoms with Gasteiger partial charge in [0.15, 0.2) is 6.10 Å². The molecule has 6 heteroatoms. The molecule has 2 aromatic carbocycles. The molecule has 2 N–H and O–H groups in total. The predicted octanol–water partition coefficient (Wildman–Crippen LogP) is 2.93. The molecule has 5 nitrogen and oxygen atoms in total. The van der Waals surface area contributed by atoms with Crippen LogP contribution in [0.2, 0.25) is 0 Å². The second-order valence-electron chi connectivity index (χ2n) is 4.58. The van der Waals surface area contributed by atoms with Crippen LogP contribution in [0.4, 0.5) is 10.1 Å². The van der Waals surface area contributed by atoms with E-state index in [0.29, 0.717) is 17.0 Å². The van der Waals surface area contributed by atoms with Crippen molar-refractivity contribution in [3.8, 4) is 5.75 Å². The van der Waals surface area contributed by atoms with Crippen LogP contribution in [0.1, 0.15) is 17.3 Å². The summed E-state index contributed by atoms with van der Waals surface area (Å²) in [5.74, 6) is -1.46. The topological polar surface area (TPSA) is 75.6 Å². The zero-order chi connectivity index (χ0) is 16.1. The van der Waals surface area contributed by atoms with E-state index in [-0.39, 0.29) is 11.7 Å². The number of hydrogen-bond donors (Lipinski definition) is 2. The molecule has 0 saturated heterocycles. The summed E-state index contributed by atoms with van der Waals surface area (Å²) >= 11 is 0. The number of carbonyl (C=O) groups is 2. The Morgan fingerprint density at radius 1 is 1.09 bits per heavy atom. The van der Waals surface area contributed by atoms with Crippen molar-refractivity contribution in [2.45, 2.75) is 13.0 Å². The molecule has 2 aromatic rings. The van der Waals surface area contributed by atoms with Crippen LogP contribution in [0, 0.1) is 5.82 Å². The lowest BCUT2D eigenvalue weighted by atomic mass is 10.2. The highest BCUT2D eigenvalue weighted by atomic mass is 19.1. The van der Waals surface area contributed by atoms with Gasteiger partial charge in [0.25, 0.3) is 5.91 Å². The van der Waals surface area contributed by atoms with Gasteiger partial charge in [-0.3, -0.25) is 4.79 Å². The standard InChI is InChI=1S/C16H14FNO4/c1-10(16(20)21)22-14-8-2-11(3-9-14)15(19)18-13-6-4-12(17)5-7-13/h2-10H,1H3,(H,18,19)(H,20,21). The first-order valence-corrected chi connectivity index (χ1v) is 6.52. The first-order valence-electron chi connectivity index (χ1n) is 6.52. The van der Waals surface area contributed by atoms with Gasteiger partial charge in [-0.25, -0.2) is 9.18 Å². The van der Waals surface area contributed by atoms with Crippen LogP contribution in [0.25, 0.3) is 0 Å². The zero-order valence-electron chi connectivity index (χ0n) is 11.7. The van der Waals surface area contributed by atoms with E-state index in [2.05, 4.69) is 5.32 Å². The van der Waals surface area contributed by atoms with E-state index in [1.807, 2.05) is 0 Å². The summed E-state index contributed by atoms with van der Waals surface area (Å²) in [6, 6.07) is 11.5. The van der Waals surface area contributed by atoms with E-state index in [9.17, 15) is 14.0 Å². The summed E-state index contributed by atoms with van der Waals surface area (Å²) < 4.78 is 18.0. The minimum Gasteiger partial charge on any atom is -0.479 e. The van der Waals surface area contributed by atoms with Crippen molar-refractivity contribution in [2.24, 2.45) is 0 Å². The number of benzene rings is 2. The lowest BCUT2D eigenvalue weighted by Crippen LogP contribution is -2.22. The molecule has 0 radical (unpaired) electrons. The van der Waals surface area contributed by atoms with Gasteiger partial charge in [0.2, 0.25) is 0 Å². The Balaban J connectivity index is 2.01. The van der Waals surface area contributed by atoms with Crippen LogP contribution in [-0.2, 0) is 4.79 Å². The van der Waals surface area contributed by atoms with Gasteiger partial charge in [-0.1, -0.05) is 0 Å². The molecule has 0 aromatic heterocycles. The number of aliphatic carboxylic acids is 1. The third kappa shape index (κ3) is 4.05. The average molecular weight is 303 g/mol. The van der Waals surface area contributed by atoms with Gasteiger partial charge in [0, 0.05) is 11.3 Å². The van der Waals surface area contributed by atoms with Gasteiger partial charge in [0.1, 0.15) is 11.6 Å². The van der Waals surface area contributed by atoms with Gasteiger partial charge < -0.3 is 15.2 Å². The van der Waals surface area contributed by atoms with Crippen LogP contribution in [-0.4, -0.2) is 23.1 Å². The molecular weight excluding hydrogens is 289 g/mol. The number of ether oxygens (including phenoxy) is 1. The Labute approximate surface area is 126 Å². The van der Waals surface area contributed by atoms with Crippen LogP contribution in [0.15, 0.2) is 48.5 Å². The molecule has 114 valence electrons.